The molecular weight excluding hydrogens is 429 g/mol. The molecule has 3 rings (SSSR count). The highest BCUT2D eigenvalue weighted by atomic mass is 35.5. The summed E-state index contributed by atoms with van der Waals surface area (Å²) < 4.78 is 11.7. The van der Waals surface area contributed by atoms with E-state index in [4.69, 9.17) is 44.3 Å². The maximum atomic E-state index is 6.51. The summed E-state index contributed by atoms with van der Waals surface area (Å²) in [5, 5.41) is 5.31. The minimum atomic E-state index is 0.352. The van der Waals surface area contributed by atoms with Gasteiger partial charge in [0.1, 0.15) is 6.61 Å². The van der Waals surface area contributed by atoms with Gasteiger partial charge in [-0.15, -0.1) is 0 Å². The Labute approximate surface area is 186 Å². The van der Waals surface area contributed by atoms with Gasteiger partial charge in [0.05, 0.1) is 11.6 Å². The Balaban J connectivity index is 1.69. The SMILES string of the molecule is CCOc1cc(CNCc2ccccc2Cl)cc(Cl)c1OCc1cccc(Cl)c1. The molecule has 0 aliphatic rings. The molecule has 0 radical (unpaired) electrons. The first-order valence-electron chi connectivity index (χ1n) is 9.33. The van der Waals surface area contributed by atoms with E-state index in [0.717, 1.165) is 21.7 Å². The van der Waals surface area contributed by atoms with Crippen molar-refractivity contribution in [3.63, 3.8) is 0 Å². The lowest BCUT2D eigenvalue weighted by molar-refractivity contribution is 0.269. The summed E-state index contributed by atoms with van der Waals surface area (Å²) in [5.41, 5.74) is 3.01. The van der Waals surface area contributed by atoms with E-state index in [2.05, 4.69) is 5.32 Å². The molecule has 0 amide bonds. The van der Waals surface area contributed by atoms with Crippen LogP contribution in [0.2, 0.25) is 15.1 Å². The van der Waals surface area contributed by atoms with E-state index in [1.165, 1.54) is 0 Å². The van der Waals surface area contributed by atoms with E-state index in [0.29, 0.717) is 47.8 Å². The van der Waals surface area contributed by atoms with Crippen LogP contribution in [0.25, 0.3) is 0 Å². The van der Waals surface area contributed by atoms with Crippen LogP contribution in [0.3, 0.4) is 0 Å². The molecule has 29 heavy (non-hydrogen) atoms. The molecule has 0 spiro atoms. The lowest BCUT2D eigenvalue weighted by Gasteiger charge is -2.16. The van der Waals surface area contributed by atoms with Crippen molar-refractivity contribution in [2.24, 2.45) is 0 Å². The zero-order valence-corrected chi connectivity index (χ0v) is 18.3. The van der Waals surface area contributed by atoms with Crippen LogP contribution in [-0.2, 0) is 19.7 Å². The fourth-order valence-electron chi connectivity index (χ4n) is 2.89. The van der Waals surface area contributed by atoms with Crippen molar-refractivity contribution >= 4 is 34.8 Å². The van der Waals surface area contributed by atoms with Gasteiger partial charge in [-0.2, -0.15) is 0 Å². The third-order valence-electron chi connectivity index (χ3n) is 4.24. The highest BCUT2D eigenvalue weighted by molar-refractivity contribution is 6.32. The van der Waals surface area contributed by atoms with Crippen LogP contribution in [0.1, 0.15) is 23.6 Å². The summed E-state index contributed by atoms with van der Waals surface area (Å²) in [4.78, 5) is 0. The van der Waals surface area contributed by atoms with Crippen LogP contribution in [0.5, 0.6) is 11.5 Å². The lowest BCUT2D eigenvalue weighted by atomic mass is 10.1. The van der Waals surface area contributed by atoms with Gasteiger partial charge >= 0.3 is 0 Å². The molecule has 0 aliphatic heterocycles. The van der Waals surface area contributed by atoms with E-state index in [1.54, 1.807) is 0 Å². The highest BCUT2D eigenvalue weighted by Gasteiger charge is 2.13. The van der Waals surface area contributed by atoms with Crippen LogP contribution >= 0.6 is 34.8 Å². The van der Waals surface area contributed by atoms with Crippen molar-refractivity contribution in [2.45, 2.75) is 26.6 Å². The number of ether oxygens (including phenoxy) is 2. The molecule has 0 aliphatic carbocycles. The van der Waals surface area contributed by atoms with Gasteiger partial charge in [-0.05, 0) is 53.9 Å². The Morgan fingerprint density at radius 2 is 1.62 bits per heavy atom. The van der Waals surface area contributed by atoms with E-state index in [9.17, 15) is 0 Å². The van der Waals surface area contributed by atoms with Gasteiger partial charge in [-0.25, -0.2) is 0 Å². The van der Waals surface area contributed by atoms with Crippen LogP contribution in [0.15, 0.2) is 60.7 Å². The Morgan fingerprint density at radius 1 is 0.793 bits per heavy atom. The molecule has 3 aromatic rings. The van der Waals surface area contributed by atoms with Gasteiger partial charge < -0.3 is 14.8 Å². The largest absolute Gasteiger partial charge is 0.490 e. The minimum Gasteiger partial charge on any atom is -0.490 e. The Morgan fingerprint density at radius 3 is 2.38 bits per heavy atom. The molecule has 1 N–H and O–H groups in total. The minimum absolute atomic E-state index is 0.352. The first-order valence-corrected chi connectivity index (χ1v) is 10.5. The molecule has 0 unspecified atom stereocenters. The maximum absolute atomic E-state index is 6.51. The molecule has 3 aromatic carbocycles. The van der Waals surface area contributed by atoms with Crippen molar-refractivity contribution in [1.29, 1.82) is 0 Å². The second-order valence-electron chi connectivity index (χ2n) is 6.45. The third-order valence-corrected chi connectivity index (χ3v) is 5.13. The summed E-state index contributed by atoms with van der Waals surface area (Å²) >= 11 is 18.8. The maximum Gasteiger partial charge on any atom is 0.180 e. The quantitative estimate of drug-likeness (QED) is 0.384. The Bertz CT molecular complexity index is 963. The molecule has 152 valence electrons. The molecule has 0 saturated heterocycles. The Kier molecular flexibility index (Phi) is 8.08. The van der Waals surface area contributed by atoms with Crippen LogP contribution in [0.4, 0.5) is 0 Å². The molecule has 0 saturated carbocycles. The van der Waals surface area contributed by atoms with Gasteiger partial charge in [-0.1, -0.05) is 65.1 Å². The van der Waals surface area contributed by atoms with Crippen molar-refractivity contribution in [3.05, 3.63) is 92.4 Å². The average Bonchev–Trinajstić information content (AvgIpc) is 2.69. The number of rotatable bonds is 9. The molecular formula is C23H22Cl3NO2. The number of halogens is 3. The standard InChI is InChI=1S/C23H22Cl3NO2/c1-2-28-22-12-17(13-27-14-18-7-3-4-9-20(18)25)11-21(26)23(22)29-15-16-6-5-8-19(24)10-16/h3-12,27H,2,13-15H2,1H3. The van der Waals surface area contributed by atoms with E-state index in [-0.39, 0.29) is 0 Å². The fraction of sp³-hybridized carbons (Fsp3) is 0.217. The second kappa shape index (κ2) is 10.7. The third kappa shape index (κ3) is 6.28. The topological polar surface area (TPSA) is 30.5 Å². The second-order valence-corrected chi connectivity index (χ2v) is 7.70. The summed E-state index contributed by atoms with van der Waals surface area (Å²) in [5.74, 6) is 1.15. The van der Waals surface area contributed by atoms with Crippen molar-refractivity contribution in [3.8, 4) is 11.5 Å². The summed E-state index contributed by atoms with van der Waals surface area (Å²) in [6, 6.07) is 19.1. The average molecular weight is 451 g/mol. The molecule has 0 aromatic heterocycles. The molecule has 6 heteroatoms. The number of hydrogen-bond donors (Lipinski definition) is 1. The molecule has 0 atom stereocenters. The summed E-state index contributed by atoms with van der Waals surface area (Å²) in [6.45, 7) is 4.08. The van der Waals surface area contributed by atoms with Crippen molar-refractivity contribution in [1.82, 2.24) is 5.32 Å². The van der Waals surface area contributed by atoms with E-state index in [1.807, 2.05) is 67.6 Å². The molecule has 3 nitrogen and oxygen atoms in total. The van der Waals surface area contributed by atoms with E-state index < -0.39 is 0 Å². The highest BCUT2D eigenvalue weighted by Crippen LogP contribution is 2.37. The van der Waals surface area contributed by atoms with Crippen LogP contribution in [-0.4, -0.2) is 6.61 Å². The predicted octanol–water partition coefficient (Wildman–Crippen LogP) is 6.91. The predicted molar refractivity (Wildman–Crippen MR) is 120 cm³/mol. The van der Waals surface area contributed by atoms with Gasteiger partial charge in [0.15, 0.2) is 11.5 Å². The summed E-state index contributed by atoms with van der Waals surface area (Å²) in [6.07, 6.45) is 0. The van der Waals surface area contributed by atoms with Gasteiger partial charge in [0.2, 0.25) is 0 Å². The first kappa shape index (κ1) is 21.8. The normalized spacial score (nSPS) is 10.8. The van der Waals surface area contributed by atoms with Gasteiger partial charge in [0, 0.05) is 23.1 Å². The lowest BCUT2D eigenvalue weighted by Crippen LogP contribution is -2.13. The smallest absolute Gasteiger partial charge is 0.180 e. The molecule has 0 fully saturated rings. The zero-order chi connectivity index (χ0) is 20.6. The van der Waals surface area contributed by atoms with Crippen molar-refractivity contribution in [2.75, 3.05) is 6.61 Å². The van der Waals surface area contributed by atoms with E-state index >= 15 is 0 Å². The number of nitrogens with one attached hydrogen (secondary N) is 1. The summed E-state index contributed by atoms with van der Waals surface area (Å²) in [7, 11) is 0. The van der Waals surface area contributed by atoms with Crippen LogP contribution < -0.4 is 14.8 Å². The van der Waals surface area contributed by atoms with Gasteiger partial charge in [-0.3, -0.25) is 0 Å². The zero-order valence-electron chi connectivity index (χ0n) is 16.1. The monoisotopic (exact) mass is 449 g/mol. The molecule has 0 bridgehead atoms. The molecule has 0 heterocycles. The first-order chi connectivity index (χ1) is 14.1. The Hall–Kier alpha value is -1.91. The van der Waals surface area contributed by atoms with Crippen LogP contribution in [0, 0.1) is 0 Å². The number of benzene rings is 3. The fourth-order valence-corrected chi connectivity index (χ4v) is 3.60. The van der Waals surface area contributed by atoms with Gasteiger partial charge in [0.25, 0.3) is 0 Å². The number of hydrogen-bond acceptors (Lipinski definition) is 3. The van der Waals surface area contributed by atoms with Crippen molar-refractivity contribution < 1.29 is 9.47 Å².